The first-order valence-electron chi connectivity index (χ1n) is 6.42. The van der Waals surface area contributed by atoms with Gasteiger partial charge in [-0.1, -0.05) is 5.16 Å². The number of nitrogens with two attached hydrogens (primary N) is 1. The van der Waals surface area contributed by atoms with E-state index in [4.69, 9.17) is 10.3 Å². The maximum absolute atomic E-state index is 6.03. The third-order valence-corrected chi connectivity index (χ3v) is 3.57. The molecule has 0 radical (unpaired) electrons. The van der Waals surface area contributed by atoms with Crippen LogP contribution in [0, 0.1) is 20.8 Å². The second-order valence-electron chi connectivity index (χ2n) is 4.81. The third-order valence-electron chi connectivity index (χ3n) is 3.57. The fraction of sp³-hybridized carbons (Fsp3) is 0.385. The maximum Gasteiger partial charge on any atom is 0.213 e. The SMILES string of the molecule is Cc1nc(N)c2c(C)c(C)n(CCc3ncon3)c2n1. The van der Waals surface area contributed by atoms with Crippen LogP contribution in [0.2, 0.25) is 0 Å². The van der Waals surface area contributed by atoms with Crippen molar-refractivity contribution in [1.29, 1.82) is 0 Å². The van der Waals surface area contributed by atoms with Gasteiger partial charge in [-0.2, -0.15) is 4.98 Å². The monoisotopic (exact) mass is 272 g/mol. The maximum atomic E-state index is 6.03. The lowest BCUT2D eigenvalue weighted by Crippen LogP contribution is -2.06. The van der Waals surface area contributed by atoms with E-state index in [0.29, 0.717) is 23.9 Å². The zero-order chi connectivity index (χ0) is 14.3. The van der Waals surface area contributed by atoms with E-state index in [-0.39, 0.29) is 0 Å². The highest BCUT2D eigenvalue weighted by Crippen LogP contribution is 2.27. The Bertz CT molecular complexity index is 759. The molecule has 0 aromatic carbocycles. The van der Waals surface area contributed by atoms with Gasteiger partial charge in [0.1, 0.15) is 17.3 Å². The summed E-state index contributed by atoms with van der Waals surface area (Å²) in [5.74, 6) is 1.89. The minimum absolute atomic E-state index is 0.534. The molecular weight excluding hydrogens is 256 g/mol. The Hall–Kier alpha value is -2.44. The van der Waals surface area contributed by atoms with E-state index in [9.17, 15) is 0 Å². The van der Waals surface area contributed by atoms with Crippen molar-refractivity contribution in [3.63, 3.8) is 0 Å². The summed E-state index contributed by atoms with van der Waals surface area (Å²) in [5, 5.41) is 4.76. The van der Waals surface area contributed by atoms with Gasteiger partial charge in [-0.25, -0.2) is 9.97 Å². The van der Waals surface area contributed by atoms with Crippen molar-refractivity contribution in [3.8, 4) is 0 Å². The standard InChI is InChI=1S/C13H16N6O/c1-7-8(2)19(5-4-10-15-6-20-18-10)13-11(7)12(14)16-9(3)17-13/h6H,4-5H2,1-3H3,(H2,14,16,17). The van der Waals surface area contributed by atoms with Crippen LogP contribution in [0.1, 0.15) is 22.9 Å². The van der Waals surface area contributed by atoms with Crippen LogP contribution in [-0.4, -0.2) is 24.7 Å². The average Bonchev–Trinajstić information content (AvgIpc) is 2.97. The van der Waals surface area contributed by atoms with Crippen LogP contribution in [0.15, 0.2) is 10.9 Å². The smallest absolute Gasteiger partial charge is 0.213 e. The number of rotatable bonds is 3. The van der Waals surface area contributed by atoms with Crippen LogP contribution in [0.3, 0.4) is 0 Å². The number of nitrogen functional groups attached to an aromatic ring is 1. The molecular formula is C13H16N6O. The summed E-state index contributed by atoms with van der Waals surface area (Å²) in [4.78, 5) is 12.8. The van der Waals surface area contributed by atoms with Crippen LogP contribution in [0.4, 0.5) is 5.82 Å². The van der Waals surface area contributed by atoms with Gasteiger partial charge in [0.05, 0.1) is 5.39 Å². The molecule has 0 unspecified atom stereocenters. The van der Waals surface area contributed by atoms with Crippen molar-refractivity contribution < 1.29 is 4.52 Å². The Morgan fingerprint density at radius 3 is 2.75 bits per heavy atom. The first-order valence-corrected chi connectivity index (χ1v) is 6.42. The van der Waals surface area contributed by atoms with Crippen molar-refractivity contribution in [2.75, 3.05) is 5.73 Å². The lowest BCUT2D eigenvalue weighted by molar-refractivity contribution is 0.408. The van der Waals surface area contributed by atoms with Gasteiger partial charge in [0.2, 0.25) is 6.39 Å². The largest absolute Gasteiger partial charge is 0.383 e. The minimum Gasteiger partial charge on any atom is -0.383 e. The van der Waals surface area contributed by atoms with Crippen LogP contribution in [0.25, 0.3) is 11.0 Å². The number of aryl methyl sites for hydroxylation is 4. The number of hydrogen-bond donors (Lipinski definition) is 1. The van der Waals surface area contributed by atoms with E-state index in [2.05, 4.69) is 31.6 Å². The molecule has 3 aromatic rings. The molecule has 0 aliphatic heterocycles. The van der Waals surface area contributed by atoms with E-state index in [1.54, 1.807) is 0 Å². The average molecular weight is 272 g/mol. The molecule has 20 heavy (non-hydrogen) atoms. The Balaban J connectivity index is 2.07. The van der Waals surface area contributed by atoms with Crippen molar-refractivity contribution in [3.05, 3.63) is 29.3 Å². The predicted octanol–water partition coefficient (Wildman–Crippen LogP) is 1.56. The second-order valence-corrected chi connectivity index (χ2v) is 4.81. The highest BCUT2D eigenvalue weighted by Gasteiger charge is 2.16. The number of fused-ring (bicyclic) bond motifs is 1. The van der Waals surface area contributed by atoms with Gasteiger partial charge in [0.15, 0.2) is 5.82 Å². The van der Waals surface area contributed by atoms with Crippen LogP contribution >= 0.6 is 0 Å². The molecule has 0 aliphatic rings. The molecule has 0 bridgehead atoms. The van der Waals surface area contributed by atoms with E-state index < -0.39 is 0 Å². The molecule has 3 aromatic heterocycles. The molecule has 0 saturated carbocycles. The highest BCUT2D eigenvalue weighted by molar-refractivity contribution is 5.91. The predicted molar refractivity (Wildman–Crippen MR) is 74.2 cm³/mol. The highest BCUT2D eigenvalue weighted by atomic mass is 16.5. The summed E-state index contributed by atoms with van der Waals surface area (Å²) in [6.07, 6.45) is 2.02. The second kappa shape index (κ2) is 4.59. The van der Waals surface area contributed by atoms with Crippen molar-refractivity contribution >= 4 is 16.9 Å². The van der Waals surface area contributed by atoms with E-state index in [1.165, 1.54) is 6.39 Å². The molecule has 104 valence electrons. The molecule has 0 spiro atoms. The van der Waals surface area contributed by atoms with Gasteiger partial charge in [0.25, 0.3) is 0 Å². The van der Waals surface area contributed by atoms with E-state index in [1.807, 2.05) is 13.8 Å². The Morgan fingerprint density at radius 1 is 1.25 bits per heavy atom. The lowest BCUT2D eigenvalue weighted by Gasteiger charge is -2.06. The summed E-state index contributed by atoms with van der Waals surface area (Å²) in [5.41, 5.74) is 9.15. The Morgan fingerprint density at radius 2 is 2.05 bits per heavy atom. The molecule has 3 rings (SSSR count). The number of hydrogen-bond acceptors (Lipinski definition) is 6. The summed E-state index contributed by atoms with van der Waals surface area (Å²) < 4.78 is 6.88. The summed E-state index contributed by atoms with van der Waals surface area (Å²) in [6.45, 7) is 6.67. The van der Waals surface area contributed by atoms with Crippen LogP contribution < -0.4 is 5.73 Å². The minimum atomic E-state index is 0.534. The van der Waals surface area contributed by atoms with E-state index in [0.717, 1.165) is 28.8 Å². The Kier molecular flexibility index (Phi) is 2.89. The van der Waals surface area contributed by atoms with Gasteiger partial charge in [-0.05, 0) is 26.3 Å². The molecule has 0 fully saturated rings. The van der Waals surface area contributed by atoms with Gasteiger partial charge in [0, 0.05) is 18.7 Å². The Labute approximate surface area is 115 Å². The van der Waals surface area contributed by atoms with Gasteiger partial charge >= 0.3 is 0 Å². The molecule has 0 saturated heterocycles. The number of aromatic nitrogens is 5. The van der Waals surface area contributed by atoms with Gasteiger partial charge < -0.3 is 14.8 Å². The quantitative estimate of drug-likeness (QED) is 0.777. The zero-order valence-electron chi connectivity index (χ0n) is 11.7. The first-order chi connectivity index (χ1) is 9.58. The first kappa shape index (κ1) is 12.6. The van der Waals surface area contributed by atoms with Crippen molar-refractivity contribution in [2.24, 2.45) is 0 Å². The molecule has 3 heterocycles. The molecule has 0 atom stereocenters. The fourth-order valence-corrected chi connectivity index (χ4v) is 2.46. The molecule has 2 N–H and O–H groups in total. The molecule has 0 aliphatic carbocycles. The lowest BCUT2D eigenvalue weighted by atomic mass is 10.2. The summed E-state index contributed by atoms with van der Waals surface area (Å²) >= 11 is 0. The number of nitrogens with zero attached hydrogens (tertiary/aromatic N) is 5. The van der Waals surface area contributed by atoms with Crippen molar-refractivity contribution in [2.45, 2.75) is 33.7 Å². The van der Waals surface area contributed by atoms with Crippen LogP contribution in [0.5, 0.6) is 0 Å². The topological polar surface area (TPSA) is 95.7 Å². The summed E-state index contributed by atoms with van der Waals surface area (Å²) in [6, 6.07) is 0. The normalized spacial score (nSPS) is 11.3. The summed E-state index contributed by atoms with van der Waals surface area (Å²) in [7, 11) is 0. The molecule has 0 amide bonds. The van der Waals surface area contributed by atoms with E-state index >= 15 is 0 Å². The van der Waals surface area contributed by atoms with Crippen molar-refractivity contribution in [1.82, 2.24) is 24.7 Å². The zero-order valence-corrected chi connectivity index (χ0v) is 11.7. The van der Waals surface area contributed by atoms with Crippen LogP contribution in [-0.2, 0) is 13.0 Å². The third kappa shape index (κ3) is 1.91. The molecule has 7 heteroatoms. The van der Waals surface area contributed by atoms with Gasteiger partial charge in [-0.15, -0.1) is 0 Å². The fourth-order valence-electron chi connectivity index (χ4n) is 2.46. The molecule has 7 nitrogen and oxygen atoms in total. The number of anilines is 1. The van der Waals surface area contributed by atoms with Gasteiger partial charge in [-0.3, -0.25) is 0 Å².